The van der Waals surface area contributed by atoms with Gasteiger partial charge in [-0.3, -0.25) is 0 Å². The van der Waals surface area contributed by atoms with Gasteiger partial charge in [-0.05, 0) is 30.5 Å². The molecular weight excluding hydrogens is 332 g/mol. The van der Waals surface area contributed by atoms with Crippen molar-refractivity contribution < 1.29 is 24.9 Å². The van der Waals surface area contributed by atoms with Crippen molar-refractivity contribution in [2.75, 3.05) is 0 Å². The van der Waals surface area contributed by atoms with E-state index >= 15 is 0 Å². The third-order valence-corrected chi connectivity index (χ3v) is 3.84. The van der Waals surface area contributed by atoms with Gasteiger partial charge in [-0.2, -0.15) is 0 Å². The number of carboxylic acid groups (broad SMARTS) is 2. The molecule has 5 heteroatoms. The van der Waals surface area contributed by atoms with Gasteiger partial charge in [-0.15, -0.1) is 0 Å². The molecule has 3 N–H and O–H groups in total. The van der Waals surface area contributed by atoms with Gasteiger partial charge in [-0.1, -0.05) is 68.7 Å². The fourth-order valence-electron chi connectivity index (χ4n) is 2.47. The predicted octanol–water partition coefficient (Wildman–Crippen LogP) is 4.25. The number of hydrogen-bond donors (Lipinski definition) is 3. The van der Waals surface area contributed by atoms with E-state index in [1.165, 1.54) is 42.7 Å². The van der Waals surface area contributed by atoms with Crippen LogP contribution in [0.15, 0.2) is 54.6 Å². The monoisotopic (exact) mass is 358 g/mol. The Bertz CT molecular complexity index is 649. The Hall–Kier alpha value is -2.66. The average Bonchev–Trinajstić information content (AvgIpc) is 2.63. The van der Waals surface area contributed by atoms with Gasteiger partial charge in [0.05, 0.1) is 17.2 Å². The highest BCUT2D eigenvalue weighted by atomic mass is 16.4. The van der Waals surface area contributed by atoms with Crippen LogP contribution in [0, 0.1) is 0 Å². The number of unbranched alkanes of at least 4 members (excludes halogenated alkanes) is 2. The summed E-state index contributed by atoms with van der Waals surface area (Å²) in [5, 5.41) is 26.8. The fraction of sp³-hybridized carbons (Fsp3) is 0.333. The number of benzene rings is 2. The van der Waals surface area contributed by atoms with Crippen LogP contribution in [-0.2, 0) is 6.42 Å². The predicted molar refractivity (Wildman–Crippen MR) is 101 cm³/mol. The highest BCUT2D eigenvalue weighted by Crippen LogP contribution is 2.09. The van der Waals surface area contributed by atoms with E-state index in [0.29, 0.717) is 0 Å². The number of aliphatic hydroxyl groups is 1. The minimum absolute atomic E-state index is 0.163. The summed E-state index contributed by atoms with van der Waals surface area (Å²) in [6.07, 6.45) is 5.16. The molecule has 2 aromatic carbocycles. The maximum Gasteiger partial charge on any atom is 0.336 e. The lowest BCUT2D eigenvalue weighted by molar-refractivity contribution is 0.0651. The van der Waals surface area contributed by atoms with E-state index in [2.05, 4.69) is 19.1 Å². The number of aromatic carboxylic acids is 2. The second-order valence-corrected chi connectivity index (χ2v) is 6.00. The Kier molecular flexibility index (Phi) is 9.72. The molecule has 5 nitrogen and oxygen atoms in total. The van der Waals surface area contributed by atoms with Gasteiger partial charge in [0.25, 0.3) is 0 Å². The fourth-order valence-corrected chi connectivity index (χ4v) is 2.47. The van der Waals surface area contributed by atoms with E-state index < -0.39 is 11.9 Å². The first-order chi connectivity index (χ1) is 12.5. The van der Waals surface area contributed by atoms with Gasteiger partial charge in [0.1, 0.15) is 0 Å². The summed E-state index contributed by atoms with van der Waals surface area (Å²) in [7, 11) is 0. The standard InChI is InChI=1S/C13H20O.C8H6O4/c1-2-3-5-10-13(14)11-12-8-6-4-7-9-12;9-7(10)5-3-1-2-4-6(5)8(11)12/h4,6-9,13-14H,2-3,5,10-11H2,1H3;1-4H,(H,9,10)(H,11,12). The summed E-state index contributed by atoms with van der Waals surface area (Å²) >= 11 is 0. The lowest BCUT2D eigenvalue weighted by Crippen LogP contribution is -2.09. The molecule has 0 saturated carbocycles. The number of hydrogen-bond acceptors (Lipinski definition) is 3. The molecule has 0 radical (unpaired) electrons. The van der Waals surface area contributed by atoms with E-state index in [0.717, 1.165) is 19.3 Å². The third-order valence-electron chi connectivity index (χ3n) is 3.84. The van der Waals surface area contributed by atoms with Crippen molar-refractivity contribution in [1.82, 2.24) is 0 Å². The van der Waals surface area contributed by atoms with Crippen molar-refractivity contribution in [1.29, 1.82) is 0 Å². The molecule has 0 saturated heterocycles. The Morgan fingerprint density at radius 1 is 0.846 bits per heavy atom. The maximum atomic E-state index is 10.5. The van der Waals surface area contributed by atoms with Crippen LogP contribution in [0.25, 0.3) is 0 Å². The van der Waals surface area contributed by atoms with Gasteiger partial charge < -0.3 is 15.3 Å². The zero-order valence-corrected chi connectivity index (χ0v) is 15.0. The summed E-state index contributed by atoms with van der Waals surface area (Å²) in [6.45, 7) is 2.18. The van der Waals surface area contributed by atoms with Crippen LogP contribution in [0.1, 0.15) is 58.9 Å². The molecule has 1 unspecified atom stereocenters. The van der Waals surface area contributed by atoms with E-state index in [4.69, 9.17) is 10.2 Å². The van der Waals surface area contributed by atoms with Crippen molar-refractivity contribution in [3.8, 4) is 0 Å². The van der Waals surface area contributed by atoms with Gasteiger partial charge in [0, 0.05) is 0 Å². The first kappa shape index (κ1) is 21.4. The molecule has 0 fully saturated rings. The van der Waals surface area contributed by atoms with Crippen LogP contribution >= 0.6 is 0 Å². The quantitative estimate of drug-likeness (QED) is 0.613. The Morgan fingerprint density at radius 3 is 1.81 bits per heavy atom. The first-order valence-corrected chi connectivity index (χ1v) is 8.73. The van der Waals surface area contributed by atoms with Crippen LogP contribution in [0.3, 0.4) is 0 Å². The highest BCUT2D eigenvalue weighted by molar-refractivity contribution is 6.01. The van der Waals surface area contributed by atoms with Gasteiger partial charge in [-0.25, -0.2) is 9.59 Å². The topological polar surface area (TPSA) is 94.8 Å². The minimum atomic E-state index is -1.23. The molecule has 2 aromatic rings. The summed E-state index contributed by atoms with van der Waals surface area (Å²) in [5.74, 6) is -2.46. The number of aliphatic hydroxyl groups excluding tert-OH is 1. The Morgan fingerprint density at radius 2 is 1.35 bits per heavy atom. The lowest BCUT2D eigenvalue weighted by Gasteiger charge is -2.09. The number of carboxylic acids is 2. The molecule has 0 aliphatic rings. The zero-order valence-electron chi connectivity index (χ0n) is 15.0. The maximum absolute atomic E-state index is 10.5. The average molecular weight is 358 g/mol. The normalized spacial score (nSPS) is 11.2. The smallest absolute Gasteiger partial charge is 0.336 e. The van der Waals surface area contributed by atoms with Gasteiger partial charge in [0.2, 0.25) is 0 Å². The van der Waals surface area contributed by atoms with Crippen LogP contribution < -0.4 is 0 Å². The zero-order chi connectivity index (χ0) is 19.4. The Labute approximate surface area is 153 Å². The van der Waals surface area contributed by atoms with Crippen molar-refractivity contribution >= 4 is 11.9 Å². The molecule has 2 rings (SSSR count). The largest absolute Gasteiger partial charge is 0.478 e. The highest BCUT2D eigenvalue weighted by Gasteiger charge is 2.13. The third kappa shape index (κ3) is 7.94. The lowest BCUT2D eigenvalue weighted by atomic mass is 10.0. The second-order valence-electron chi connectivity index (χ2n) is 6.00. The number of rotatable bonds is 8. The number of carbonyl (C=O) groups is 2. The van der Waals surface area contributed by atoms with E-state index in [9.17, 15) is 14.7 Å². The van der Waals surface area contributed by atoms with Crippen LogP contribution in [0.2, 0.25) is 0 Å². The minimum Gasteiger partial charge on any atom is -0.478 e. The van der Waals surface area contributed by atoms with Crippen molar-refractivity contribution in [3.05, 3.63) is 71.3 Å². The second kappa shape index (κ2) is 11.8. The van der Waals surface area contributed by atoms with E-state index in [-0.39, 0.29) is 17.2 Å². The van der Waals surface area contributed by atoms with Crippen LogP contribution in [-0.4, -0.2) is 33.4 Å². The molecule has 0 heterocycles. The molecular formula is C21H26O5. The molecule has 0 aliphatic heterocycles. The molecule has 140 valence electrons. The van der Waals surface area contributed by atoms with Crippen LogP contribution in [0.4, 0.5) is 0 Å². The van der Waals surface area contributed by atoms with E-state index in [1.807, 2.05) is 18.2 Å². The molecule has 1 atom stereocenters. The summed E-state index contributed by atoms with van der Waals surface area (Å²) in [6, 6.07) is 15.7. The summed E-state index contributed by atoms with van der Waals surface area (Å²) in [4.78, 5) is 20.9. The molecule has 0 amide bonds. The van der Waals surface area contributed by atoms with Gasteiger partial charge >= 0.3 is 11.9 Å². The molecule has 0 aromatic heterocycles. The van der Waals surface area contributed by atoms with Crippen molar-refractivity contribution in [2.45, 2.75) is 45.1 Å². The first-order valence-electron chi connectivity index (χ1n) is 8.73. The van der Waals surface area contributed by atoms with Crippen molar-refractivity contribution in [2.24, 2.45) is 0 Å². The SMILES string of the molecule is CCCCCC(O)Cc1ccccc1.O=C(O)c1ccccc1C(=O)O. The van der Waals surface area contributed by atoms with E-state index in [1.54, 1.807) is 0 Å². The molecule has 0 spiro atoms. The van der Waals surface area contributed by atoms with Crippen LogP contribution in [0.5, 0.6) is 0 Å². The molecule has 0 bridgehead atoms. The van der Waals surface area contributed by atoms with Gasteiger partial charge in [0.15, 0.2) is 0 Å². The molecule has 26 heavy (non-hydrogen) atoms. The summed E-state index contributed by atoms with van der Waals surface area (Å²) in [5.41, 5.74) is 0.853. The van der Waals surface area contributed by atoms with Crippen molar-refractivity contribution in [3.63, 3.8) is 0 Å². The summed E-state index contributed by atoms with van der Waals surface area (Å²) < 4.78 is 0. The molecule has 0 aliphatic carbocycles. The Balaban J connectivity index is 0.000000263.